The molecule has 0 saturated heterocycles. The van der Waals surface area contributed by atoms with E-state index in [1.54, 1.807) is 0 Å². The van der Waals surface area contributed by atoms with Crippen LogP contribution in [0.15, 0.2) is 54.6 Å². The Labute approximate surface area is 178 Å². The Hall–Kier alpha value is -2.59. The number of hydrogen-bond acceptors (Lipinski definition) is 2. The van der Waals surface area contributed by atoms with Crippen LogP contribution in [0.2, 0.25) is 0 Å². The van der Waals surface area contributed by atoms with E-state index >= 15 is 0 Å². The quantitative estimate of drug-likeness (QED) is 0.668. The van der Waals surface area contributed by atoms with Crippen LogP contribution >= 0.6 is 0 Å². The Kier molecular flexibility index (Phi) is 5.34. The average Bonchev–Trinajstić information content (AvgIpc) is 3.24. The number of nitrogens with zero attached hydrogens (tertiary/aromatic N) is 2. The smallest absolute Gasteiger partial charge is 0.270 e. The van der Waals surface area contributed by atoms with E-state index in [2.05, 4.69) is 52.0 Å². The van der Waals surface area contributed by atoms with Gasteiger partial charge in [-0.3, -0.25) is 9.69 Å². The van der Waals surface area contributed by atoms with Crippen molar-refractivity contribution in [2.75, 3.05) is 13.1 Å². The lowest BCUT2D eigenvalue weighted by Crippen LogP contribution is -2.49. The first-order chi connectivity index (χ1) is 14.7. The van der Waals surface area contributed by atoms with Gasteiger partial charge in [0.1, 0.15) is 5.69 Å². The third kappa shape index (κ3) is 3.65. The molecule has 1 unspecified atom stereocenters. The largest absolute Gasteiger partial charge is 0.351 e. The molecule has 2 aliphatic rings. The molecule has 1 amide bonds. The summed E-state index contributed by atoms with van der Waals surface area (Å²) < 4.78 is 0. The lowest BCUT2D eigenvalue weighted by Gasteiger charge is -2.43. The number of fused-ring (bicyclic) bond motifs is 2. The summed E-state index contributed by atoms with van der Waals surface area (Å²) in [5.41, 5.74) is 4.73. The number of amides is 1. The van der Waals surface area contributed by atoms with Crippen LogP contribution in [0.5, 0.6) is 0 Å². The molecule has 1 N–H and O–H groups in total. The van der Waals surface area contributed by atoms with E-state index < -0.39 is 0 Å². The number of aromatic amines is 1. The number of carbonyl (C=O) groups is 1. The molecule has 3 aromatic rings. The number of benzene rings is 2. The summed E-state index contributed by atoms with van der Waals surface area (Å²) in [4.78, 5) is 21.5. The van der Waals surface area contributed by atoms with Gasteiger partial charge in [-0.15, -0.1) is 0 Å². The van der Waals surface area contributed by atoms with Crippen molar-refractivity contribution in [3.8, 4) is 0 Å². The fourth-order valence-corrected chi connectivity index (χ4v) is 5.49. The maximum atomic E-state index is 13.4. The number of H-pyrrole nitrogens is 1. The normalized spacial score (nSPS) is 22.0. The monoisotopic (exact) mass is 401 g/mol. The van der Waals surface area contributed by atoms with Crippen molar-refractivity contribution in [1.82, 2.24) is 14.8 Å². The minimum atomic E-state index is 0.142. The topological polar surface area (TPSA) is 39.3 Å². The van der Waals surface area contributed by atoms with Crippen LogP contribution in [-0.2, 0) is 13.0 Å². The second-order valence-corrected chi connectivity index (χ2v) is 8.82. The molecule has 1 aliphatic heterocycles. The molecule has 1 saturated carbocycles. The summed E-state index contributed by atoms with van der Waals surface area (Å²) in [5.74, 6) is 0.142. The second-order valence-electron chi connectivity index (χ2n) is 8.82. The van der Waals surface area contributed by atoms with Gasteiger partial charge in [-0.25, -0.2) is 0 Å². The fourth-order valence-electron chi connectivity index (χ4n) is 5.49. The minimum absolute atomic E-state index is 0.142. The standard InChI is InChI=1S/C26H31N3O/c1-2-29(26(30)25-16-20-9-5-6-13-24(20)27-25)23-12-7-11-22(17-23)28-15-14-19-8-3-4-10-21(19)18-28/h3-6,8-10,13,16,22-23,27H,2,7,11-12,14-15,17-18H2,1H3/t22-,23?/m0/s1. The van der Waals surface area contributed by atoms with Crippen LogP contribution in [0.3, 0.4) is 0 Å². The number of para-hydroxylation sites is 1. The van der Waals surface area contributed by atoms with Crippen molar-refractivity contribution in [1.29, 1.82) is 0 Å². The van der Waals surface area contributed by atoms with E-state index in [1.807, 2.05) is 24.3 Å². The van der Waals surface area contributed by atoms with Gasteiger partial charge in [0.2, 0.25) is 0 Å². The van der Waals surface area contributed by atoms with Crippen molar-refractivity contribution in [2.45, 2.75) is 57.7 Å². The van der Waals surface area contributed by atoms with Gasteiger partial charge in [0, 0.05) is 42.6 Å². The molecular weight excluding hydrogens is 370 g/mol. The van der Waals surface area contributed by atoms with Gasteiger partial charge in [-0.2, -0.15) is 0 Å². The molecular formula is C26H31N3O. The van der Waals surface area contributed by atoms with Crippen LogP contribution in [0.25, 0.3) is 10.9 Å². The summed E-state index contributed by atoms with van der Waals surface area (Å²) in [6.07, 6.45) is 5.78. The van der Waals surface area contributed by atoms with E-state index in [4.69, 9.17) is 0 Å². The predicted molar refractivity (Wildman–Crippen MR) is 122 cm³/mol. The van der Waals surface area contributed by atoms with E-state index in [1.165, 1.54) is 24.0 Å². The summed E-state index contributed by atoms with van der Waals surface area (Å²) in [6, 6.07) is 19.9. The molecule has 156 valence electrons. The minimum Gasteiger partial charge on any atom is -0.351 e. The van der Waals surface area contributed by atoms with Crippen molar-refractivity contribution in [3.63, 3.8) is 0 Å². The van der Waals surface area contributed by atoms with Crippen LogP contribution in [0.1, 0.15) is 54.2 Å². The molecule has 5 rings (SSSR count). The number of rotatable bonds is 4. The summed E-state index contributed by atoms with van der Waals surface area (Å²) in [5, 5.41) is 1.10. The van der Waals surface area contributed by atoms with Gasteiger partial charge in [-0.05, 0) is 62.3 Å². The van der Waals surface area contributed by atoms with Gasteiger partial charge in [0.05, 0.1) is 0 Å². The fraction of sp³-hybridized carbons (Fsp3) is 0.423. The Morgan fingerprint density at radius 1 is 1.10 bits per heavy atom. The average molecular weight is 402 g/mol. The molecule has 2 heterocycles. The predicted octanol–water partition coefficient (Wildman–Crippen LogP) is 5.00. The highest BCUT2D eigenvalue weighted by molar-refractivity contribution is 5.98. The summed E-state index contributed by atoms with van der Waals surface area (Å²) in [7, 11) is 0. The molecule has 1 fully saturated rings. The third-order valence-electron chi connectivity index (χ3n) is 7.10. The molecule has 4 heteroatoms. The molecule has 1 aliphatic carbocycles. The number of carbonyl (C=O) groups excluding carboxylic acids is 1. The number of hydrogen-bond donors (Lipinski definition) is 1. The highest BCUT2D eigenvalue weighted by Crippen LogP contribution is 2.31. The molecule has 30 heavy (non-hydrogen) atoms. The van der Waals surface area contributed by atoms with Crippen molar-refractivity contribution < 1.29 is 4.79 Å². The Balaban J connectivity index is 1.31. The Morgan fingerprint density at radius 3 is 2.73 bits per heavy atom. The maximum Gasteiger partial charge on any atom is 0.270 e. The number of aromatic nitrogens is 1. The van der Waals surface area contributed by atoms with Gasteiger partial charge >= 0.3 is 0 Å². The van der Waals surface area contributed by atoms with E-state index in [0.717, 1.165) is 49.8 Å². The first kappa shape index (κ1) is 19.4. The highest BCUT2D eigenvalue weighted by Gasteiger charge is 2.33. The Morgan fingerprint density at radius 2 is 1.90 bits per heavy atom. The Bertz CT molecular complexity index is 1010. The molecule has 0 bridgehead atoms. The van der Waals surface area contributed by atoms with Crippen LogP contribution in [0.4, 0.5) is 0 Å². The lowest BCUT2D eigenvalue weighted by molar-refractivity contribution is 0.0516. The van der Waals surface area contributed by atoms with E-state index in [9.17, 15) is 4.79 Å². The van der Waals surface area contributed by atoms with Gasteiger partial charge in [0.15, 0.2) is 0 Å². The molecule has 4 nitrogen and oxygen atoms in total. The van der Waals surface area contributed by atoms with E-state index in [-0.39, 0.29) is 5.91 Å². The first-order valence-corrected chi connectivity index (χ1v) is 11.4. The van der Waals surface area contributed by atoms with Crippen LogP contribution in [0, 0.1) is 0 Å². The second kappa shape index (κ2) is 8.27. The lowest BCUT2D eigenvalue weighted by atomic mass is 9.87. The van der Waals surface area contributed by atoms with Crippen molar-refractivity contribution >= 4 is 16.8 Å². The highest BCUT2D eigenvalue weighted by atomic mass is 16.2. The first-order valence-electron chi connectivity index (χ1n) is 11.4. The van der Waals surface area contributed by atoms with Crippen LogP contribution < -0.4 is 0 Å². The molecule has 0 radical (unpaired) electrons. The zero-order valence-corrected chi connectivity index (χ0v) is 17.8. The molecule has 2 aromatic carbocycles. The van der Waals surface area contributed by atoms with Gasteiger partial charge < -0.3 is 9.88 Å². The van der Waals surface area contributed by atoms with Crippen molar-refractivity contribution in [3.05, 3.63) is 71.4 Å². The van der Waals surface area contributed by atoms with Crippen molar-refractivity contribution in [2.24, 2.45) is 0 Å². The van der Waals surface area contributed by atoms with Gasteiger partial charge in [-0.1, -0.05) is 42.5 Å². The maximum absolute atomic E-state index is 13.4. The summed E-state index contributed by atoms with van der Waals surface area (Å²) in [6.45, 7) is 5.06. The van der Waals surface area contributed by atoms with E-state index in [0.29, 0.717) is 17.8 Å². The van der Waals surface area contributed by atoms with Crippen LogP contribution in [-0.4, -0.2) is 45.9 Å². The SMILES string of the molecule is CCN(C(=O)c1cc2ccccc2[nH]1)C1CCC[C@H](N2CCc3ccccc3C2)C1. The zero-order chi connectivity index (χ0) is 20.5. The zero-order valence-electron chi connectivity index (χ0n) is 17.8. The van der Waals surface area contributed by atoms with Gasteiger partial charge in [0.25, 0.3) is 5.91 Å². The molecule has 2 atom stereocenters. The molecule has 1 aromatic heterocycles. The molecule has 0 spiro atoms. The number of nitrogens with one attached hydrogen (secondary N) is 1. The summed E-state index contributed by atoms with van der Waals surface area (Å²) >= 11 is 0. The third-order valence-corrected chi connectivity index (χ3v) is 7.10.